The van der Waals surface area contributed by atoms with E-state index in [0.29, 0.717) is 0 Å². The highest BCUT2D eigenvalue weighted by Gasteiger charge is 2.41. The Bertz CT molecular complexity index is 506. The lowest BCUT2D eigenvalue weighted by Crippen LogP contribution is -2.48. The SMILES string of the molecule is Cl.Cl.Clc1ccccc1N1CCC(N2CC[C@H]3CNC[C@H]32)CC1. The fourth-order valence-electron chi connectivity index (χ4n) is 4.48. The van der Waals surface area contributed by atoms with Gasteiger partial charge in [0.1, 0.15) is 0 Å². The zero-order valence-corrected chi connectivity index (χ0v) is 15.7. The molecular formula is C17H26Cl3N3. The van der Waals surface area contributed by atoms with Gasteiger partial charge in [0.2, 0.25) is 0 Å². The molecule has 0 aliphatic carbocycles. The second kappa shape index (κ2) is 8.26. The van der Waals surface area contributed by atoms with E-state index in [1.165, 1.54) is 44.6 Å². The van der Waals surface area contributed by atoms with E-state index in [9.17, 15) is 0 Å². The van der Waals surface area contributed by atoms with Gasteiger partial charge in [-0.15, -0.1) is 24.8 Å². The van der Waals surface area contributed by atoms with Crippen molar-refractivity contribution in [2.75, 3.05) is 37.6 Å². The van der Waals surface area contributed by atoms with Gasteiger partial charge in [0.25, 0.3) is 0 Å². The summed E-state index contributed by atoms with van der Waals surface area (Å²) >= 11 is 6.33. The molecule has 1 aromatic carbocycles. The van der Waals surface area contributed by atoms with Crippen LogP contribution in [0.4, 0.5) is 5.69 Å². The molecule has 1 N–H and O–H groups in total. The zero-order valence-electron chi connectivity index (χ0n) is 13.3. The highest BCUT2D eigenvalue weighted by atomic mass is 35.5. The first-order valence-corrected chi connectivity index (χ1v) is 8.66. The van der Waals surface area contributed by atoms with E-state index in [1.54, 1.807) is 0 Å². The molecule has 3 aliphatic rings. The lowest BCUT2D eigenvalue weighted by atomic mass is 10.00. The minimum absolute atomic E-state index is 0. The van der Waals surface area contributed by atoms with Gasteiger partial charge < -0.3 is 10.2 Å². The van der Waals surface area contributed by atoms with Gasteiger partial charge in [0, 0.05) is 31.7 Å². The van der Waals surface area contributed by atoms with Gasteiger partial charge in [-0.05, 0) is 50.4 Å². The molecule has 0 bridgehead atoms. The van der Waals surface area contributed by atoms with E-state index in [-0.39, 0.29) is 24.8 Å². The van der Waals surface area contributed by atoms with Crippen molar-refractivity contribution in [3.63, 3.8) is 0 Å². The molecule has 6 heteroatoms. The molecule has 23 heavy (non-hydrogen) atoms. The van der Waals surface area contributed by atoms with Gasteiger partial charge in [0.05, 0.1) is 10.7 Å². The molecular weight excluding hydrogens is 353 g/mol. The average Bonchev–Trinajstić information content (AvgIpc) is 3.11. The first-order valence-electron chi connectivity index (χ1n) is 8.29. The highest BCUT2D eigenvalue weighted by molar-refractivity contribution is 6.33. The van der Waals surface area contributed by atoms with Gasteiger partial charge in [0.15, 0.2) is 0 Å². The first kappa shape index (κ1) is 19.1. The monoisotopic (exact) mass is 377 g/mol. The quantitative estimate of drug-likeness (QED) is 0.850. The lowest BCUT2D eigenvalue weighted by Gasteiger charge is -2.40. The first-order chi connectivity index (χ1) is 10.3. The molecule has 4 rings (SSSR count). The summed E-state index contributed by atoms with van der Waals surface area (Å²) in [6, 6.07) is 9.83. The van der Waals surface area contributed by atoms with Crippen LogP contribution in [0, 0.1) is 5.92 Å². The second-order valence-electron chi connectivity index (χ2n) is 6.68. The third-order valence-electron chi connectivity index (χ3n) is 5.61. The maximum Gasteiger partial charge on any atom is 0.0639 e. The number of halogens is 3. The van der Waals surface area contributed by atoms with Crippen LogP contribution in [0.3, 0.4) is 0 Å². The van der Waals surface area contributed by atoms with Crippen LogP contribution in [0.2, 0.25) is 5.02 Å². The molecule has 0 radical (unpaired) electrons. The summed E-state index contributed by atoms with van der Waals surface area (Å²) in [5.41, 5.74) is 1.21. The Balaban J connectivity index is 0.000000960. The van der Waals surface area contributed by atoms with Crippen molar-refractivity contribution in [2.24, 2.45) is 5.92 Å². The number of para-hydroxylation sites is 1. The number of rotatable bonds is 2. The zero-order chi connectivity index (χ0) is 14.2. The standard InChI is InChI=1S/C17H24ClN3.2ClH/c18-15-3-1-2-4-16(15)20-8-6-14(7-9-20)21-10-5-13-11-19-12-17(13)21;;/h1-4,13-14,17,19H,5-12H2;2*1H/t13-,17+;;/m0../s1. The summed E-state index contributed by atoms with van der Waals surface area (Å²) in [7, 11) is 0. The maximum absolute atomic E-state index is 6.33. The Morgan fingerprint density at radius 1 is 0.957 bits per heavy atom. The average molecular weight is 379 g/mol. The number of nitrogens with one attached hydrogen (secondary N) is 1. The van der Waals surface area contributed by atoms with Crippen LogP contribution in [0.15, 0.2) is 24.3 Å². The number of piperidine rings is 1. The van der Waals surface area contributed by atoms with Crippen molar-refractivity contribution in [1.29, 1.82) is 0 Å². The van der Waals surface area contributed by atoms with E-state index >= 15 is 0 Å². The molecule has 2 atom stereocenters. The molecule has 0 spiro atoms. The number of hydrogen-bond acceptors (Lipinski definition) is 3. The van der Waals surface area contributed by atoms with Gasteiger partial charge in [-0.25, -0.2) is 0 Å². The predicted octanol–water partition coefficient (Wildman–Crippen LogP) is 3.45. The normalized spacial score (nSPS) is 28.1. The number of likely N-dealkylation sites (tertiary alicyclic amines) is 1. The molecule has 3 heterocycles. The molecule has 1 aromatic rings. The third-order valence-corrected chi connectivity index (χ3v) is 5.93. The van der Waals surface area contributed by atoms with Gasteiger partial charge >= 0.3 is 0 Å². The van der Waals surface area contributed by atoms with Crippen molar-refractivity contribution in [1.82, 2.24) is 10.2 Å². The summed E-state index contributed by atoms with van der Waals surface area (Å²) in [5.74, 6) is 0.909. The Kier molecular flexibility index (Phi) is 6.88. The fraction of sp³-hybridized carbons (Fsp3) is 0.647. The molecule has 3 aliphatic heterocycles. The van der Waals surface area contributed by atoms with Crippen LogP contribution in [-0.2, 0) is 0 Å². The van der Waals surface area contributed by atoms with Crippen molar-refractivity contribution in [2.45, 2.75) is 31.3 Å². The topological polar surface area (TPSA) is 18.5 Å². The number of nitrogens with zero attached hydrogens (tertiary/aromatic N) is 2. The van der Waals surface area contributed by atoms with Crippen molar-refractivity contribution >= 4 is 42.1 Å². The Hall–Kier alpha value is -0.190. The number of hydrogen-bond donors (Lipinski definition) is 1. The summed E-state index contributed by atoms with van der Waals surface area (Å²) in [4.78, 5) is 5.26. The summed E-state index contributed by atoms with van der Waals surface area (Å²) in [6.45, 7) is 6.02. The fourth-order valence-corrected chi connectivity index (χ4v) is 4.74. The largest absolute Gasteiger partial charge is 0.370 e. The van der Waals surface area contributed by atoms with E-state index in [1.807, 2.05) is 12.1 Å². The van der Waals surface area contributed by atoms with E-state index in [2.05, 4.69) is 27.2 Å². The highest BCUT2D eigenvalue weighted by Crippen LogP contribution is 2.34. The predicted molar refractivity (Wildman–Crippen MR) is 103 cm³/mol. The molecule has 0 aromatic heterocycles. The van der Waals surface area contributed by atoms with Gasteiger partial charge in [-0.3, -0.25) is 4.90 Å². The minimum atomic E-state index is 0. The van der Waals surface area contributed by atoms with Crippen molar-refractivity contribution in [3.8, 4) is 0 Å². The Morgan fingerprint density at radius 2 is 1.70 bits per heavy atom. The van der Waals surface area contributed by atoms with Crippen molar-refractivity contribution < 1.29 is 0 Å². The maximum atomic E-state index is 6.33. The third kappa shape index (κ3) is 3.74. The van der Waals surface area contributed by atoms with E-state index < -0.39 is 0 Å². The van der Waals surface area contributed by atoms with E-state index in [0.717, 1.165) is 36.1 Å². The Morgan fingerprint density at radius 3 is 2.43 bits per heavy atom. The summed E-state index contributed by atoms with van der Waals surface area (Å²) in [6.07, 6.45) is 3.94. The number of benzene rings is 1. The van der Waals surface area contributed by atoms with Crippen LogP contribution in [0.5, 0.6) is 0 Å². The second-order valence-corrected chi connectivity index (χ2v) is 7.09. The van der Waals surface area contributed by atoms with Crippen LogP contribution < -0.4 is 10.2 Å². The number of fused-ring (bicyclic) bond motifs is 1. The molecule has 3 nitrogen and oxygen atoms in total. The number of anilines is 1. The molecule has 0 unspecified atom stereocenters. The molecule has 130 valence electrons. The smallest absolute Gasteiger partial charge is 0.0639 e. The molecule has 3 saturated heterocycles. The molecule has 0 saturated carbocycles. The molecule has 3 fully saturated rings. The van der Waals surface area contributed by atoms with Gasteiger partial charge in [-0.2, -0.15) is 0 Å². The van der Waals surface area contributed by atoms with Gasteiger partial charge in [-0.1, -0.05) is 23.7 Å². The minimum Gasteiger partial charge on any atom is -0.370 e. The summed E-state index contributed by atoms with van der Waals surface area (Å²) < 4.78 is 0. The van der Waals surface area contributed by atoms with Crippen LogP contribution in [-0.4, -0.2) is 49.7 Å². The van der Waals surface area contributed by atoms with Crippen LogP contribution >= 0.6 is 36.4 Å². The lowest BCUT2D eigenvalue weighted by molar-refractivity contribution is 0.154. The van der Waals surface area contributed by atoms with Crippen molar-refractivity contribution in [3.05, 3.63) is 29.3 Å². The van der Waals surface area contributed by atoms with Crippen LogP contribution in [0.1, 0.15) is 19.3 Å². The van der Waals surface area contributed by atoms with Crippen LogP contribution in [0.25, 0.3) is 0 Å². The van der Waals surface area contributed by atoms with E-state index in [4.69, 9.17) is 11.6 Å². The Labute approximate surface area is 156 Å². The molecule has 0 amide bonds. The summed E-state index contributed by atoms with van der Waals surface area (Å²) in [5, 5.41) is 4.45.